The zero-order chi connectivity index (χ0) is 51.4. The molecular formula is C65H123NO5. The summed E-state index contributed by atoms with van der Waals surface area (Å²) in [5, 5.41) is 23.2. The molecule has 71 heavy (non-hydrogen) atoms. The number of carbonyl (C=O) groups excluding carboxylic acids is 2. The van der Waals surface area contributed by atoms with Gasteiger partial charge in [0.2, 0.25) is 5.91 Å². The van der Waals surface area contributed by atoms with Crippen LogP contribution < -0.4 is 5.32 Å². The molecule has 0 saturated heterocycles. The van der Waals surface area contributed by atoms with Gasteiger partial charge in [-0.25, -0.2) is 0 Å². The molecule has 0 aliphatic rings. The van der Waals surface area contributed by atoms with E-state index in [0.717, 1.165) is 51.4 Å². The fourth-order valence-electron chi connectivity index (χ4n) is 9.74. The van der Waals surface area contributed by atoms with Crippen molar-refractivity contribution in [2.45, 2.75) is 353 Å². The molecule has 2 unspecified atom stereocenters. The van der Waals surface area contributed by atoms with Crippen molar-refractivity contribution in [2.75, 3.05) is 13.2 Å². The van der Waals surface area contributed by atoms with E-state index in [4.69, 9.17) is 4.74 Å². The molecule has 0 saturated carbocycles. The van der Waals surface area contributed by atoms with Crippen molar-refractivity contribution in [3.63, 3.8) is 0 Å². The first-order valence-electron chi connectivity index (χ1n) is 31.8. The van der Waals surface area contributed by atoms with E-state index in [1.165, 1.54) is 263 Å². The van der Waals surface area contributed by atoms with Crippen LogP contribution in [0.25, 0.3) is 0 Å². The highest BCUT2D eigenvalue weighted by molar-refractivity contribution is 5.76. The average Bonchev–Trinajstić information content (AvgIpc) is 3.37. The maximum atomic E-state index is 12.5. The van der Waals surface area contributed by atoms with Gasteiger partial charge in [0, 0.05) is 12.8 Å². The van der Waals surface area contributed by atoms with Crippen molar-refractivity contribution in [1.82, 2.24) is 5.32 Å². The Morgan fingerprint density at radius 1 is 0.380 bits per heavy atom. The first-order chi connectivity index (χ1) is 35.0. The molecule has 0 fully saturated rings. The second kappa shape index (κ2) is 60.6. The highest BCUT2D eigenvalue weighted by Gasteiger charge is 2.18. The fraction of sp³-hybridized carbons (Fsp3) is 0.877. The lowest BCUT2D eigenvalue weighted by atomic mass is 10.0. The summed E-state index contributed by atoms with van der Waals surface area (Å²) in [7, 11) is 0. The van der Waals surface area contributed by atoms with E-state index in [9.17, 15) is 19.8 Å². The number of rotatable bonds is 59. The van der Waals surface area contributed by atoms with Gasteiger partial charge in [-0.3, -0.25) is 9.59 Å². The molecule has 1 amide bonds. The van der Waals surface area contributed by atoms with Gasteiger partial charge in [-0.2, -0.15) is 0 Å². The number of ether oxygens (including phenoxy) is 1. The number of hydrogen-bond donors (Lipinski definition) is 3. The molecule has 2 atom stereocenters. The van der Waals surface area contributed by atoms with E-state index in [-0.39, 0.29) is 18.5 Å². The van der Waals surface area contributed by atoms with Gasteiger partial charge in [-0.1, -0.05) is 281 Å². The molecule has 6 nitrogen and oxygen atoms in total. The minimum atomic E-state index is -0.850. The molecule has 0 aromatic heterocycles. The maximum absolute atomic E-state index is 12.5. The summed E-state index contributed by atoms with van der Waals surface area (Å²) in [5.41, 5.74) is 0. The lowest BCUT2D eigenvalue weighted by molar-refractivity contribution is -0.143. The standard InChI is InChI=1S/C65H123NO5/c1-3-5-7-9-11-13-15-17-19-20-26-30-33-37-41-45-49-53-57-63(68)62(61-67)66-64(69)58-54-50-46-42-38-34-31-27-24-22-21-23-25-28-32-36-40-44-48-52-56-60-71-65(70)59-55-51-47-43-39-35-29-18-16-14-12-10-8-6-4-2/h18,22,24,29,53,57,62-63,67-68H,3-17,19-21,23,25-28,30-52,54-56,58-61H2,1-2H3,(H,66,69)/b24-22-,29-18-,57-53+. The molecule has 0 aliphatic heterocycles. The lowest BCUT2D eigenvalue weighted by Gasteiger charge is -2.20. The number of nitrogens with one attached hydrogen (secondary N) is 1. The fourth-order valence-corrected chi connectivity index (χ4v) is 9.74. The highest BCUT2D eigenvalue weighted by Crippen LogP contribution is 2.17. The van der Waals surface area contributed by atoms with Gasteiger partial charge >= 0.3 is 5.97 Å². The van der Waals surface area contributed by atoms with E-state index in [1.807, 2.05) is 6.08 Å². The third kappa shape index (κ3) is 57.2. The van der Waals surface area contributed by atoms with E-state index in [2.05, 4.69) is 43.5 Å². The number of unbranched alkanes of at least 4 members (excludes halogenated alkanes) is 44. The van der Waals surface area contributed by atoms with Gasteiger partial charge in [0.25, 0.3) is 0 Å². The minimum Gasteiger partial charge on any atom is -0.466 e. The molecule has 3 N–H and O–H groups in total. The van der Waals surface area contributed by atoms with Gasteiger partial charge in [-0.05, 0) is 83.5 Å². The van der Waals surface area contributed by atoms with Gasteiger partial charge in [-0.15, -0.1) is 0 Å². The van der Waals surface area contributed by atoms with Crippen molar-refractivity contribution in [3.8, 4) is 0 Å². The average molecular weight is 999 g/mol. The van der Waals surface area contributed by atoms with Crippen LogP contribution in [0.1, 0.15) is 341 Å². The van der Waals surface area contributed by atoms with Crippen molar-refractivity contribution in [3.05, 3.63) is 36.5 Å². The predicted molar refractivity (Wildman–Crippen MR) is 310 cm³/mol. The van der Waals surface area contributed by atoms with E-state index >= 15 is 0 Å². The Kier molecular flexibility index (Phi) is 59.0. The van der Waals surface area contributed by atoms with Gasteiger partial charge in [0.1, 0.15) is 0 Å². The Balaban J connectivity index is 3.45. The van der Waals surface area contributed by atoms with Crippen LogP contribution in [0.4, 0.5) is 0 Å². The Hall–Kier alpha value is -1.92. The second-order valence-corrected chi connectivity index (χ2v) is 21.7. The molecule has 0 aromatic carbocycles. The van der Waals surface area contributed by atoms with Crippen LogP contribution in [0.5, 0.6) is 0 Å². The smallest absolute Gasteiger partial charge is 0.305 e. The quantitative estimate of drug-likeness (QED) is 0.0321. The molecule has 0 radical (unpaired) electrons. The number of esters is 1. The summed E-state index contributed by atoms with van der Waals surface area (Å²) in [5.74, 6) is -0.0741. The van der Waals surface area contributed by atoms with Crippen LogP contribution in [0, 0.1) is 0 Å². The number of aliphatic hydroxyl groups excluding tert-OH is 2. The lowest BCUT2D eigenvalue weighted by Crippen LogP contribution is -2.45. The third-order valence-corrected chi connectivity index (χ3v) is 14.6. The molecule has 0 aromatic rings. The van der Waals surface area contributed by atoms with E-state index in [1.54, 1.807) is 6.08 Å². The van der Waals surface area contributed by atoms with E-state index in [0.29, 0.717) is 19.4 Å². The van der Waals surface area contributed by atoms with Crippen LogP contribution in [-0.2, 0) is 14.3 Å². The maximum Gasteiger partial charge on any atom is 0.305 e. The monoisotopic (exact) mass is 998 g/mol. The zero-order valence-electron chi connectivity index (χ0n) is 47.7. The Morgan fingerprint density at radius 3 is 1.00 bits per heavy atom. The van der Waals surface area contributed by atoms with Crippen LogP contribution in [0.2, 0.25) is 0 Å². The predicted octanol–water partition coefficient (Wildman–Crippen LogP) is 20.0. The van der Waals surface area contributed by atoms with Crippen molar-refractivity contribution in [2.24, 2.45) is 0 Å². The number of carbonyl (C=O) groups is 2. The molecule has 6 heteroatoms. The van der Waals surface area contributed by atoms with Gasteiger partial charge < -0.3 is 20.3 Å². The van der Waals surface area contributed by atoms with Gasteiger partial charge in [0.05, 0.1) is 25.4 Å². The van der Waals surface area contributed by atoms with Crippen molar-refractivity contribution in [1.29, 1.82) is 0 Å². The largest absolute Gasteiger partial charge is 0.466 e. The molecule has 0 aliphatic carbocycles. The molecule has 0 bridgehead atoms. The SMILES string of the molecule is CCCCCCCC/C=C\CCCCCCCC(=O)OCCCCCCCCCCCC/C=C\CCCCCCCCCC(=O)NC(CO)C(O)/C=C/CCCCCCCCCCCCCCCCCC. The molecule has 0 rings (SSSR count). The van der Waals surface area contributed by atoms with Gasteiger partial charge in [0.15, 0.2) is 0 Å². The number of amides is 1. The number of hydrogen-bond acceptors (Lipinski definition) is 5. The molecule has 0 spiro atoms. The van der Waals surface area contributed by atoms with Crippen LogP contribution in [0.15, 0.2) is 36.5 Å². The summed E-state index contributed by atoms with van der Waals surface area (Å²) < 4.78 is 5.48. The third-order valence-electron chi connectivity index (χ3n) is 14.6. The van der Waals surface area contributed by atoms with Crippen LogP contribution in [0.3, 0.4) is 0 Å². The van der Waals surface area contributed by atoms with Crippen molar-refractivity contribution < 1.29 is 24.5 Å². The number of allylic oxidation sites excluding steroid dienone is 5. The van der Waals surface area contributed by atoms with Crippen LogP contribution >= 0.6 is 0 Å². The topological polar surface area (TPSA) is 95.9 Å². The summed E-state index contributed by atoms with van der Waals surface area (Å²) in [6.07, 6.45) is 76.1. The minimum absolute atomic E-state index is 0.000193. The highest BCUT2D eigenvalue weighted by atomic mass is 16.5. The van der Waals surface area contributed by atoms with E-state index < -0.39 is 12.1 Å². The Bertz CT molecular complexity index is 1150. The Labute approximate surface area is 443 Å². The normalized spacial score (nSPS) is 12.8. The summed E-state index contributed by atoms with van der Waals surface area (Å²) in [6.45, 7) is 4.91. The molecular weight excluding hydrogens is 875 g/mol. The number of aliphatic hydroxyl groups is 2. The molecule has 0 heterocycles. The first-order valence-corrected chi connectivity index (χ1v) is 31.8. The first kappa shape index (κ1) is 69.1. The summed E-state index contributed by atoms with van der Waals surface area (Å²) in [6, 6.07) is -0.634. The zero-order valence-corrected chi connectivity index (χ0v) is 47.7. The Morgan fingerprint density at radius 2 is 0.662 bits per heavy atom. The summed E-state index contributed by atoms with van der Waals surface area (Å²) in [4.78, 5) is 24.5. The molecule has 418 valence electrons. The summed E-state index contributed by atoms with van der Waals surface area (Å²) >= 11 is 0. The second-order valence-electron chi connectivity index (χ2n) is 21.7. The van der Waals surface area contributed by atoms with Crippen molar-refractivity contribution >= 4 is 11.9 Å². The van der Waals surface area contributed by atoms with Crippen LogP contribution in [-0.4, -0.2) is 47.4 Å².